The predicted molar refractivity (Wildman–Crippen MR) is 71.6 cm³/mol. The highest BCUT2D eigenvalue weighted by atomic mass is 16.4. The SMILES string of the molecule is CCCC1CC1NC(=O)NCC(C)(O)c1ccco1. The Morgan fingerprint density at radius 1 is 1.63 bits per heavy atom. The Morgan fingerprint density at radius 2 is 2.42 bits per heavy atom. The smallest absolute Gasteiger partial charge is 0.315 e. The number of aliphatic hydroxyl groups is 1. The van der Waals surface area contributed by atoms with E-state index in [2.05, 4.69) is 17.6 Å². The molecular weight excluding hydrogens is 244 g/mol. The third-order valence-electron chi connectivity index (χ3n) is 3.54. The maximum absolute atomic E-state index is 11.7. The lowest BCUT2D eigenvalue weighted by Gasteiger charge is -2.21. The fourth-order valence-corrected chi connectivity index (χ4v) is 2.26. The van der Waals surface area contributed by atoms with Crippen LogP contribution >= 0.6 is 0 Å². The third kappa shape index (κ3) is 3.73. The van der Waals surface area contributed by atoms with E-state index in [4.69, 9.17) is 4.42 Å². The summed E-state index contributed by atoms with van der Waals surface area (Å²) in [5.74, 6) is 1.07. The van der Waals surface area contributed by atoms with Crippen LogP contribution in [0.5, 0.6) is 0 Å². The van der Waals surface area contributed by atoms with Gasteiger partial charge in [0.2, 0.25) is 0 Å². The van der Waals surface area contributed by atoms with E-state index < -0.39 is 5.60 Å². The summed E-state index contributed by atoms with van der Waals surface area (Å²) in [5, 5.41) is 15.8. The van der Waals surface area contributed by atoms with Crippen LogP contribution in [0.1, 0.15) is 38.9 Å². The second-order valence-electron chi connectivity index (χ2n) is 5.47. The van der Waals surface area contributed by atoms with E-state index in [0.717, 1.165) is 19.3 Å². The second kappa shape index (κ2) is 5.65. The van der Waals surface area contributed by atoms with Crippen molar-refractivity contribution in [1.29, 1.82) is 0 Å². The molecule has 5 heteroatoms. The van der Waals surface area contributed by atoms with Gasteiger partial charge in [-0.1, -0.05) is 13.3 Å². The molecule has 1 aromatic heterocycles. The minimum Gasteiger partial charge on any atom is -0.466 e. The van der Waals surface area contributed by atoms with Crippen molar-refractivity contribution in [3.63, 3.8) is 0 Å². The molecule has 1 heterocycles. The highest BCUT2D eigenvalue weighted by Crippen LogP contribution is 2.34. The van der Waals surface area contributed by atoms with E-state index in [9.17, 15) is 9.90 Å². The summed E-state index contributed by atoms with van der Waals surface area (Å²) >= 11 is 0. The maximum Gasteiger partial charge on any atom is 0.315 e. The number of amides is 2. The highest BCUT2D eigenvalue weighted by Gasteiger charge is 2.37. The van der Waals surface area contributed by atoms with Crippen molar-refractivity contribution in [2.75, 3.05) is 6.54 Å². The van der Waals surface area contributed by atoms with Gasteiger partial charge in [0.05, 0.1) is 12.8 Å². The normalized spacial score (nSPS) is 24.6. The molecule has 2 amide bonds. The van der Waals surface area contributed by atoms with Crippen LogP contribution in [0.15, 0.2) is 22.8 Å². The Bertz CT molecular complexity index is 414. The summed E-state index contributed by atoms with van der Waals surface area (Å²) in [7, 11) is 0. The number of hydrogen-bond donors (Lipinski definition) is 3. The third-order valence-corrected chi connectivity index (χ3v) is 3.54. The van der Waals surface area contributed by atoms with Crippen LogP contribution in [0, 0.1) is 5.92 Å². The van der Waals surface area contributed by atoms with Gasteiger partial charge in [0.25, 0.3) is 0 Å². The van der Waals surface area contributed by atoms with Crippen LogP contribution in [0.25, 0.3) is 0 Å². The van der Waals surface area contributed by atoms with E-state index in [0.29, 0.717) is 17.7 Å². The van der Waals surface area contributed by atoms with Crippen molar-refractivity contribution in [2.24, 2.45) is 5.92 Å². The number of carbonyl (C=O) groups excluding carboxylic acids is 1. The fraction of sp³-hybridized carbons (Fsp3) is 0.643. The molecule has 1 aromatic rings. The molecule has 2 rings (SSSR count). The molecular formula is C14H22N2O3. The molecule has 0 aliphatic heterocycles. The standard InChI is InChI=1S/C14H22N2O3/c1-3-5-10-8-11(10)16-13(17)15-9-14(2,18)12-6-4-7-19-12/h4,6-7,10-11,18H,3,5,8-9H2,1-2H3,(H2,15,16,17). The van der Waals surface area contributed by atoms with Gasteiger partial charge >= 0.3 is 6.03 Å². The average molecular weight is 266 g/mol. The zero-order valence-electron chi connectivity index (χ0n) is 11.5. The molecule has 0 radical (unpaired) electrons. The highest BCUT2D eigenvalue weighted by molar-refractivity contribution is 5.74. The van der Waals surface area contributed by atoms with Crippen molar-refractivity contribution >= 4 is 6.03 Å². The van der Waals surface area contributed by atoms with E-state index >= 15 is 0 Å². The Labute approximate surface area is 113 Å². The Hall–Kier alpha value is -1.49. The zero-order valence-corrected chi connectivity index (χ0v) is 11.5. The number of urea groups is 1. The van der Waals surface area contributed by atoms with Crippen LogP contribution in [0.4, 0.5) is 4.79 Å². The molecule has 1 fully saturated rings. The van der Waals surface area contributed by atoms with Gasteiger partial charge in [0, 0.05) is 6.04 Å². The molecule has 3 N–H and O–H groups in total. The van der Waals surface area contributed by atoms with Crippen LogP contribution in [0.2, 0.25) is 0 Å². The van der Waals surface area contributed by atoms with Gasteiger partial charge in [-0.2, -0.15) is 0 Å². The van der Waals surface area contributed by atoms with Gasteiger partial charge in [-0.15, -0.1) is 0 Å². The molecule has 0 saturated heterocycles. The Morgan fingerprint density at radius 3 is 3.05 bits per heavy atom. The van der Waals surface area contributed by atoms with Crippen molar-refractivity contribution in [3.8, 4) is 0 Å². The zero-order chi connectivity index (χ0) is 13.9. The lowest BCUT2D eigenvalue weighted by atomic mass is 10.0. The summed E-state index contributed by atoms with van der Waals surface area (Å²) in [4.78, 5) is 11.7. The van der Waals surface area contributed by atoms with E-state index in [1.807, 2.05) is 0 Å². The van der Waals surface area contributed by atoms with Gasteiger partial charge in [0.15, 0.2) is 0 Å². The van der Waals surface area contributed by atoms with Crippen molar-refractivity contribution < 1.29 is 14.3 Å². The van der Waals surface area contributed by atoms with E-state index in [-0.39, 0.29) is 12.6 Å². The van der Waals surface area contributed by atoms with Crippen molar-refractivity contribution in [2.45, 2.75) is 44.8 Å². The molecule has 5 nitrogen and oxygen atoms in total. The second-order valence-corrected chi connectivity index (χ2v) is 5.47. The molecule has 106 valence electrons. The van der Waals surface area contributed by atoms with Gasteiger partial charge < -0.3 is 20.2 Å². The molecule has 0 bridgehead atoms. The summed E-state index contributed by atoms with van der Waals surface area (Å²) in [6.07, 6.45) is 4.88. The molecule has 0 aromatic carbocycles. The van der Waals surface area contributed by atoms with E-state index in [1.165, 1.54) is 6.26 Å². The number of carbonyl (C=O) groups is 1. The topological polar surface area (TPSA) is 74.5 Å². The van der Waals surface area contributed by atoms with Gasteiger partial charge in [-0.25, -0.2) is 4.79 Å². The van der Waals surface area contributed by atoms with Crippen LogP contribution in [0.3, 0.4) is 0 Å². The largest absolute Gasteiger partial charge is 0.466 e. The molecule has 19 heavy (non-hydrogen) atoms. The first kappa shape index (κ1) is 13.9. The molecule has 1 saturated carbocycles. The fourth-order valence-electron chi connectivity index (χ4n) is 2.26. The van der Waals surface area contributed by atoms with Crippen molar-refractivity contribution in [3.05, 3.63) is 24.2 Å². The summed E-state index contributed by atoms with van der Waals surface area (Å²) < 4.78 is 5.15. The molecule has 0 spiro atoms. The first-order valence-corrected chi connectivity index (χ1v) is 6.83. The number of hydrogen-bond acceptors (Lipinski definition) is 3. The lowest BCUT2D eigenvalue weighted by molar-refractivity contribution is 0.0367. The summed E-state index contributed by atoms with van der Waals surface area (Å²) in [5.41, 5.74) is -1.19. The maximum atomic E-state index is 11.7. The van der Waals surface area contributed by atoms with Gasteiger partial charge in [-0.3, -0.25) is 0 Å². The lowest BCUT2D eigenvalue weighted by Crippen LogP contribution is -2.44. The molecule has 1 aliphatic rings. The molecule has 3 atom stereocenters. The van der Waals surface area contributed by atoms with Crippen molar-refractivity contribution in [1.82, 2.24) is 10.6 Å². The first-order chi connectivity index (χ1) is 9.03. The van der Waals surface area contributed by atoms with Crippen LogP contribution in [-0.4, -0.2) is 23.7 Å². The Balaban J connectivity index is 1.72. The average Bonchev–Trinajstić information content (AvgIpc) is 2.88. The number of furan rings is 1. The first-order valence-electron chi connectivity index (χ1n) is 6.83. The minimum atomic E-state index is -1.19. The van der Waals surface area contributed by atoms with E-state index in [1.54, 1.807) is 19.1 Å². The predicted octanol–water partition coefficient (Wildman–Crippen LogP) is 1.97. The number of nitrogens with one attached hydrogen (secondary N) is 2. The van der Waals surface area contributed by atoms with Crippen LogP contribution in [-0.2, 0) is 5.60 Å². The summed E-state index contributed by atoms with van der Waals surface area (Å²) in [6, 6.07) is 3.48. The minimum absolute atomic E-state index is 0.123. The van der Waals surface area contributed by atoms with Gasteiger partial charge in [-0.05, 0) is 37.8 Å². The molecule has 3 unspecified atom stereocenters. The molecule has 1 aliphatic carbocycles. The number of rotatable bonds is 6. The monoisotopic (exact) mass is 266 g/mol. The van der Waals surface area contributed by atoms with Gasteiger partial charge in [0.1, 0.15) is 11.4 Å². The van der Waals surface area contributed by atoms with Crippen LogP contribution < -0.4 is 10.6 Å². The summed E-state index contributed by atoms with van der Waals surface area (Å²) in [6.45, 7) is 3.89. The Kier molecular flexibility index (Phi) is 4.14. The quantitative estimate of drug-likeness (QED) is 0.737.